The van der Waals surface area contributed by atoms with Gasteiger partial charge in [0.15, 0.2) is 0 Å². The van der Waals surface area contributed by atoms with Crippen molar-refractivity contribution in [3.05, 3.63) is 74.5 Å². The van der Waals surface area contributed by atoms with Crippen molar-refractivity contribution in [2.24, 2.45) is 0 Å². The van der Waals surface area contributed by atoms with Crippen LogP contribution in [0.2, 0.25) is 10.0 Å². The van der Waals surface area contributed by atoms with Gasteiger partial charge in [0.2, 0.25) is 11.6 Å². The van der Waals surface area contributed by atoms with Gasteiger partial charge in [-0.15, -0.1) is 0 Å². The minimum absolute atomic E-state index is 0.131. The number of para-hydroxylation sites is 1. The molecule has 0 aliphatic heterocycles. The van der Waals surface area contributed by atoms with E-state index in [0.717, 1.165) is 6.33 Å². The Kier molecular flexibility index (Phi) is 6.50. The maximum absolute atomic E-state index is 12.4. The molecule has 154 valence electrons. The van der Waals surface area contributed by atoms with Crippen molar-refractivity contribution in [2.75, 3.05) is 17.9 Å². The molecule has 3 N–H and O–H groups in total. The zero-order valence-electron chi connectivity index (χ0n) is 15.3. The molecule has 0 bridgehead atoms. The van der Waals surface area contributed by atoms with Crippen molar-refractivity contribution < 1.29 is 14.5 Å². The lowest BCUT2D eigenvalue weighted by molar-refractivity contribution is -0.383. The number of hydrogen-bond donors (Lipinski definition) is 3. The number of anilines is 3. The summed E-state index contributed by atoms with van der Waals surface area (Å²) in [6.45, 7) is 0. The van der Waals surface area contributed by atoms with Gasteiger partial charge in [-0.25, -0.2) is 9.97 Å². The fourth-order valence-corrected chi connectivity index (χ4v) is 2.92. The molecule has 30 heavy (non-hydrogen) atoms. The molecule has 0 spiro atoms. The van der Waals surface area contributed by atoms with Crippen molar-refractivity contribution >= 4 is 52.1 Å². The maximum Gasteiger partial charge on any atom is 0.355 e. The number of amides is 1. The molecular formula is C18H14Cl2N6O4. The number of methoxy groups -OCH3 is 1. The number of ether oxygens (including phenoxy) is 1. The Hall–Kier alpha value is -3.63. The number of hydrazine groups is 1. The van der Waals surface area contributed by atoms with Gasteiger partial charge in [0.1, 0.15) is 12.1 Å². The zero-order valence-corrected chi connectivity index (χ0v) is 16.9. The highest BCUT2D eigenvalue weighted by atomic mass is 35.5. The Morgan fingerprint density at radius 2 is 1.87 bits per heavy atom. The molecule has 0 fully saturated rings. The topological polar surface area (TPSA) is 131 Å². The second-order valence-electron chi connectivity index (χ2n) is 5.71. The molecule has 0 aliphatic rings. The fraction of sp³-hybridized carbons (Fsp3) is 0.0556. The monoisotopic (exact) mass is 448 g/mol. The predicted molar refractivity (Wildman–Crippen MR) is 113 cm³/mol. The Morgan fingerprint density at radius 3 is 2.57 bits per heavy atom. The first-order valence-corrected chi connectivity index (χ1v) is 9.07. The average molecular weight is 449 g/mol. The Labute approximate surface area is 180 Å². The highest BCUT2D eigenvalue weighted by molar-refractivity contribution is 6.36. The van der Waals surface area contributed by atoms with E-state index in [0.29, 0.717) is 16.5 Å². The van der Waals surface area contributed by atoms with E-state index >= 15 is 0 Å². The molecule has 0 radical (unpaired) electrons. The van der Waals surface area contributed by atoms with Crippen LogP contribution in [-0.4, -0.2) is 27.9 Å². The molecule has 0 atom stereocenters. The molecule has 0 saturated carbocycles. The van der Waals surface area contributed by atoms with Crippen LogP contribution in [-0.2, 0) is 0 Å². The number of carbonyl (C=O) groups is 1. The smallest absolute Gasteiger partial charge is 0.355 e. The first-order chi connectivity index (χ1) is 14.4. The van der Waals surface area contributed by atoms with E-state index in [1.165, 1.54) is 13.2 Å². The van der Waals surface area contributed by atoms with Gasteiger partial charge in [-0.05, 0) is 30.3 Å². The van der Waals surface area contributed by atoms with Gasteiger partial charge in [-0.1, -0.05) is 35.3 Å². The average Bonchev–Trinajstić information content (AvgIpc) is 2.73. The van der Waals surface area contributed by atoms with Crippen LogP contribution in [0.3, 0.4) is 0 Å². The molecule has 0 saturated heterocycles. The van der Waals surface area contributed by atoms with E-state index in [1.54, 1.807) is 36.4 Å². The van der Waals surface area contributed by atoms with Gasteiger partial charge in [0.25, 0.3) is 5.91 Å². The van der Waals surface area contributed by atoms with E-state index in [9.17, 15) is 14.9 Å². The minimum Gasteiger partial charge on any atom is -0.496 e. The SMILES string of the molecule is COc1ccccc1C(=O)NNc1ncnc(Nc2ccc(Cl)cc2Cl)c1[N+](=O)[O-]. The van der Waals surface area contributed by atoms with Crippen molar-refractivity contribution in [1.82, 2.24) is 15.4 Å². The predicted octanol–water partition coefficient (Wildman–Crippen LogP) is 4.20. The van der Waals surface area contributed by atoms with Crippen LogP contribution in [0.25, 0.3) is 0 Å². The van der Waals surface area contributed by atoms with E-state index in [1.807, 2.05) is 0 Å². The van der Waals surface area contributed by atoms with E-state index in [2.05, 4.69) is 26.1 Å². The zero-order chi connectivity index (χ0) is 21.7. The Morgan fingerprint density at radius 1 is 1.13 bits per heavy atom. The molecular weight excluding hydrogens is 435 g/mol. The summed E-state index contributed by atoms with van der Waals surface area (Å²) >= 11 is 12.0. The molecule has 10 nitrogen and oxygen atoms in total. The number of nitrogens with one attached hydrogen (secondary N) is 3. The summed E-state index contributed by atoms with van der Waals surface area (Å²) in [6, 6.07) is 11.1. The summed E-state index contributed by atoms with van der Waals surface area (Å²) in [5, 5.41) is 15.1. The molecule has 12 heteroatoms. The van der Waals surface area contributed by atoms with Crippen LogP contribution in [0, 0.1) is 10.1 Å². The number of benzene rings is 2. The van der Waals surface area contributed by atoms with Crippen LogP contribution in [0.4, 0.5) is 23.0 Å². The third-order valence-electron chi connectivity index (χ3n) is 3.84. The van der Waals surface area contributed by atoms with Gasteiger partial charge in [-0.2, -0.15) is 0 Å². The first-order valence-electron chi connectivity index (χ1n) is 8.31. The number of rotatable bonds is 7. The summed E-state index contributed by atoms with van der Waals surface area (Å²) in [4.78, 5) is 31.1. The van der Waals surface area contributed by atoms with Crippen LogP contribution in [0.1, 0.15) is 10.4 Å². The lowest BCUT2D eigenvalue weighted by atomic mass is 10.2. The molecule has 3 aromatic rings. The lowest BCUT2D eigenvalue weighted by Crippen LogP contribution is -2.30. The molecule has 0 aliphatic carbocycles. The summed E-state index contributed by atoms with van der Waals surface area (Å²) in [5.41, 5.74) is 4.90. The molecule has 1 amide bonds. The third kappa shape index (κ3) is 4.67. The van der Waals surface area contributed by atoms with Crippen molar-refractivity contribution in [1.29, 1.82) is 0 Å². The Balaban J connectivity index is 1.86. The second-order valence-corrected chi connectivity index (χ2v) is 6.55. The minimum atomic E-state index is -0.691. The standard InChI is InChI=1S/C18H14Cl2N6O4/c1-30-14-5-3-2-4-11(14)18(27)25-24-17-15(26(28)29)16(21-9-22-17)23-13-7-6-10(19)8-12(13)20/h2-9H,1H3,(H,25,27)(H2,21,22,23,24). The van der Waals surface area contributed by atoms with Crippen molar-refractivity contribution in [3.63, 3.8) is 0 Å². The first kappa shape index (κ1) is 21.1. The maximum atomic E-state index is 12.4. The van der Waals surface area contributed by atoms with E-state index < -0.39 is 16.5 Å². The number of aromatic nitrogens is 2. The summed E-state index contributed by atoms with van der Waals surface area (Å²) in [7, 11) is 1.43. The molecule has 0 unspecified atom stereocenters. The quantitative estimate of drug-likeness (QED) is 0.361. The molecule has 1 aromatic heterocycles. The van der Waals surface area contributed by atoms with E-state index in [4.69, 9.17) is 27.9 Å². The normalized spacial score (nSPS) is 10.2. The highest BCUT2D eigenvalue weighted by Crippen LogP contribution is 2.34. The molecule has 1 heterocycles. The van der Waals surface area contributed by atoms with Crippen LogP contribution in [0.15, 0.2) is 48.8 Å². The van der Waals surface area contributed by atoms with Crippen molar-refractivity contribution in [3.8, 4) is 5.75 Å². The van der Waals surface area contributed by atoms with Gasteiger partial charge in [0.05, 0.1) is 28.3 Å². The second kappa shape index (κ2) is 9.25. The summed E-state index contributed by atoms with van der Waals surface area (Å²) in [5.74, 6) is -0.594. The molecule has 2 aromatic carbocycles. The van der Waals surface area contributed by atoms with Gasteiger partial charge in [0, 0.05) is 5.02 Å². The van der Waals surface area contributed by atoms with Crippen LogP contribution in [0.5, 0.6) is 5.75 Å². The Bertz CT molecular complexity index is 1110. The molecule has 3 rings (SSSR count). The fourth-order valence-electron chi connectivity index (χ4n) is 2.47. The highest BCUT2D eigenvalue weighted by Gasteiger charge is 2.24. The number of nitrogens with zero attached hydrogens (tertiary/aromatic N) is 3. The number of halogens is 2. The largest absolute Gasteiger partial charge is 0.496 e. The number of carbonyl (C=O) groups excluding carboxylic acids is 1. The van der Waals surface area contributed by atoms with E-state index in [-0.39, 0.29) is 22.2 Å². The number of nitro groups is 1. The van der Waals surface area contributed by atoms with Gasteiger partial charge >= 0.3 is 5.69 Å². The van der Waals surface area contributed by atoms with Crippen molar-refractivity contribution in [2.45, 2.75) is 0 Å². The third-order valence-corrected chi connectivity index (χ3v) is 4.38. The van der Waals surface area contributed by atoms with Gasteiger partial charge < -0.3 is 10.1 Å². The van der Waals surface area contributed by atoms with Crippen LogP contribution >= 0.6 is 23.2 Å². The lowest BCUT2D eigenvalue weighted by Gasteiger charge is -2.12. The van der Waals surface area contributed by atoms with Crippen LogP contribution < -0.4 is 20.9 Å². The number of hydrogen-bond acceptors (Lipinski definition) is 8. The summed E-state index contributed by atoms with van der Waals surface area (Å²) in [6.07, 6.45) is 1.09. The van der Waals surface area contributed by atoms with Gasteiger partial charge in [-0.3, -0.25) is 25.8 Å². The summed E-state index contributed by atoms with van der Waals surface area (Å²) < 4.78 is 5.13.